The Morgan fingerprint density at radius 3 is 2.55 bits per heavy atom. The highest BCUT2D eigenvalue weighted by Crippen LogP contribution is 2.16. The molecule has 0 atom stereocenters. The number of aromatic nitrogens is 1. The normalized spacial score (nSPS) is 14.1. The highest BCUT2D eigenvalue weighted by atomic mass is 16.2. The Morgan fingerprint density at radius 1 is 1.09 bits per heavy atom. The molecule has 0 aliphatic carbocycles. The molecule has 4 heteroatoms. The van der Waals surface area contributed by atoms with Gasteiger partial charge in [-0.1, -0.05) is 36.4 Å². The van der Waals surface area contributed by atoms with E-state index in [0.29, 0.717) is 6.54 Å². The van der Waals surface area contributed by atoms with Crippen LogP contribution in [0, 0.1) is 0 Å². The smallest absolute Gasteiger partial charge is 0.317 e. The number of benzene rings is 1. The Kier molecular flexibility index (Phi) is 4.68. The Morgan fingerprint density at radius 2 is 1.86 bits per heavy atom. The first kappa shape index (κ1) is 14.6. The maximum atomic E-state index is 11.9. The molecule has 1 aliphatic heterocycles. The number of nitrogens with zero attached hydrogens (tertiary/aromatic N) is 2. The molecule has 0 spiro atoms. The number of urea groups is 1. The van der Waals surface area contributed by atoms with Crippen LogP contribution in [0.4, 0.5) is 4.79 Å². The lowest BCUT2D eigenvalue weighted by molar-refractivity contribution is 0.209. The SMILES string of the molecule is O=C(NCCc1ccc(-c2ccccc2)nc1)N1CCCC1. The van der Waals surface area contributed by atoms with Gasteiger partial charge in [-0.25, -0.2) is 4.79 Å². The van der Waals surface area contributed by atoms with E-state index in [1.807, 2.05) is 35.4 Å². The summed E-state index contributed by atoms with van der Waals surface area (Å²) in [5.41, 5.74) is 3.24. The number of nitrogens with one attached hydrogen (secondary N) is 1. The number of likely N-dealkylation sites (tertiary alicyclic amines) is 1. The molecule has 4 nitrogen and oxygen atoms in total. The molecule has 1 aliphatic rings. The molecule has 114 valence electrons. The van der Waals surface area contributed by atoms with Crippen LogP contribution in [-0.2, 0) is 6.42 Å². The summed E-state index contributed by atoms with van der Waals surface area (Å²) < 4.78 is 0. The van der Waals surface area contributed by atoms with Gasteiger partial charge in [0.1, 0.15) is 0 Å². The molecule has 0 radical (unpaired) electrons. The van der Waals surface area contributed by atoms with E-state index in [4.69, 9.17) is 0 Å². The topological polar surface area (TPSA) is 45.2 Å². The van der Waals surface area contributed by atoms with E-state index in [1.54, 1.807) is 0 Å². The van der Waals surface area contributed by atoms with Crippen molar-refractivity contribution in [3.05, 3.63) is 54.2 Å². The van der Waals surface area contributed by atoms with Crippen LogP contribution in [0.2, 0.25) is 0 Å². The molecular formula is C18H21N3O. The quantitative estimate of drug-likeness (QED) is 0.942. The molecule has 3 rings (SSSR count). The van der Waals surface area contributed by atoms with E-state index in [0.717, 1.165) is 49.2 Å². The average molecular weight is 295 g/mol. The van der Waals surface area contributed by atoms with E-state index in [1.165, 1.54) is 0 Å². The summed E-state index contributed by atoms with van der Waals surface area (Å²) in [5, 5.41) is 2.98. The third kappa shape index (κ3) is 3.64. The van der Waals surface area contributed by atoms with Crippen LogP contribution in [0.1, 0.15) is 18.4 Å². The summed E-state index contributed by atoms with van der Waals surface area (Å²) in [7, 11) is 0. The molecule has 1 saturated heterocycles. The maximum Gasteiger partial charge on any atom is 0.317 e. The Labute approximate surface area is 131 Å². The predicted octanol–water partition coefficient (Wildman–Crippen LogP) is 3.10. The minimum absolute atomic E-state index is 0.0614. The summed E-state index contributed by atoms with van der Waals surface area (Å²) >= 11 is 0. The van der Waals surface area contributed by atoms with Crippen LogP contribution in [-0.4, -0.2) is 35.5 Å². The van der Waals surface area contributed by atoms with Crippen molar-refractivity contribution >= 4 is 6.03 Å². The highest BCUT2D eigenvalue weighted by molar-refractivity contribution is 5.74. The molecule has 0 unspecified atom stereocenters. The van der Waals surface area contributed by atoms with Gasteiger partial charge in [0.15, 0.2) is 0 Å². The molecule has 0 bridgehead atoms. The highest BCUT2D eigenvalue weighted by Gasteiger charge is 2.16. The summed E-state index contributed by atoms with van der Waals surface area (Å²) in [6, 6.07) is 14.3. The minimum Gasteiger partial charge on any atom is -0.338 e. The van der Waals surface area contributed by atoms with E-state index in [-0.39, 0.29) is 6.03 Å². The van der Waals surface area contributed by atoms with E-state index < -0.39 is 0 Å². The molecule has 2 heterocycles. The Bertz CT molecular complexity index is 604. The lowest BCUT2D eigenvalue weighted by Gasteiger charge is -2.16. The summed E-state index contributed by atoms with van der Waals surface area (Å²) in [6.45, 7) is 2.43. The lowest BCUT2D eigenvalue weighted by atomic mass is 10.1. The zero-order chi connectivity index (χ0) is 15.2. The van der Waals surface area contributed by atoms with Gasteiger partial charge < -0.3 is 10.2 Å². The first-order chi connectivity index (χ1) is 10.8. The summed E-state index contributed by atoms with van der Waals surface area (Å²) in [6.07, 6.45) is 4.95. The van der Waals surface area contributed by atoms with Gasteiger partial charge >= 0.3 is 6.03 Å². The van der Waals surface area contributed by atoms with Crippen molar-refractivity contribution in [1.29, 1.82) is 0 Å². The van der Waals surface area contributed by atoms with E-state index in [2.05, 4.69) is 28.5 Å². The molecule has 2 amide bonds. The summed E-state index contributed by atoms with van der Waals surface area (Å²) in [4.78, 5) is 18.3. The average Bonchev–Trinajstić information content (AvgIpc) is 3.11. The number of pyridine rings is 1. The van der Waals surface area contributed by atoms with Gasteiger partial charge in [-0.2, -0.15) is 0 Å². The number of carbonyl (C=O) groups excluding carboxylic acids is 1. The van der Waals surface area contributed by atoms with Gasteiger partial charge in [0.2, 0.25) is 0 Å². The molecule has 1 aromatic carbocycles. The van der Waals surface area contributed by atoms with Crippen LogP contribution < -0.4 is 5.32 Å². The number of hydrogen-bond donors (Lipinski definition) is 1. The number of hydrogen-bond acceptors (Lipinski definition) is 2. The van der Waals surface area contributed by atoms with E-state index >= 15 is 0 Å². The van der Waals surface area contributed by atoms with Crippen molar-refractivity contribution in [2.24, 2.45) is 0 Å². The molecule has 1 aromatic heterocycles. The second kappa shape index (κ2) is 7.07. The third-order valence-electron chi connectivity index (χ3n) is 3.98. The Hall–Kier alpha value is -2.36. The number of amides is 2. The zero-order valence-corrected chi connectivity index (χ0v) is 12.7. The molecular weight excluding hydrogens is 274 g/mol. The van der Waals surface area contributed by atoms with Gasteiger partial charge in [-0.05, 0) is 30.9 Å². The van der Waals surface area contributed by atoms with Gasteiger partial charge in [0.05, 0.1) is 5.69 Å². The standard InChI is InChI=1S/C18H21N3O/c22-18(21-12-4-5-13-21)19-11-10-15-8-9-17(20-14-15)16-6-2-1-3-7-16/h1-3,6-9,14H,4-5,10-13H2,(H,19,22). The number of carbonyl (C=O) groups is 1. The van der Waals surface area contributed by atoms with Gasteiger partial charge in [-0.3, -0.25) is 4.98 Å². The fourth-order valence-corrected chi connectivity index (χ4v) is 2.70. The monoisotopic (exact) mass is 295 g/mol. The van der Waals surface area contributed by atoms with Crippen LogP contribution >= 0.6 is 0 Å². The Balaban J connectivity index is 1.50. The third-order valence-corrected chi connectivity index (χ3v) is 3.98. The molecule has 1 N–H and O–H groups in total. The fourth-order valence-electron chi connectivity index (χ4n) is 2.70. The fraction of sp³-hybridized carbons (Fsp3) is 0.333. The van der Waals surface area contributed by atoms with Gasteiger partial charge in [0, 0.05) is 31.4 Å². The zero-order valence-electron chi connectivity index (χ0n) is 12.7. The molecule has 0 saturated carbocycles. The molecule has 2 aromatic rings. The largest absolute Gasteiger partial charge is 0.338 e. The van der Waals surface area contributed by atoms with Crippen molar-refractivity contribution in [1.82, 2.24) is 15.2 Å². The van der Waals surface area contributed by atoms with Gasteiger partial charge in [0.25, 0.3) is 0 Å². The van der Waals surface area contributed by atoms with E-state index in [9.17, 15) is 4.79 Å². The minimum atomic E-state index is 0.0614. The van der Waals surface area contributed by atoms with Crippen molar-refractivity contribution in [3.8, 4) is 11.3 Å². The molecule has 22 heavy (non-hydrogen) atoms. The van der Waals surface area contributed by atoms with Crippen molar-refractivity contribution in [2.45, 2.75) is 19.3 Å². The second-order valence-electron chi connectivity index (χ2n) is 5.59. The second-order valence-corrected chi connectivity index (χ2v) is 5.59. The maximum absolute atomic E-state index is 11.9. The van der Waals surface area contributed by atoms with Crippen LogP contribution in [0.3, 0.4) is 0 Å². The summed E-state index contributed by atoms with van der Waals surface area (Å²) in [5.74, 6) is 0. The van der Waals surface area contributed by atoms with Crippen LogP contribution in [0.5, 0.6) is 0 Å². The van der Waals surface area contributed by atoms with Crippen molar-refractivity contribution < 1.29 is 4.79 Å². The predicted molar refractivity (Wildman–Crippen MR) is 87.6 cm³/mol. The lowest BCUT2D eigenvalue weighted by Crippen LogP contribution is -2.38. The first-order valence-corrected chi connectivity index (χ1v) is 7.86. The molecule has 1 fully saturated rings. The van der Waals surface area contributed by atoms with Crippen LogP contribution in [0.15, 0.2) is 48.7 Å². The first-order valence-electron chi connectivity index (χ1n) is 7.86. The van der Waals surface area contributed by atoms with Crippen molar-refractivity contribution in [3.63, 3.8) is 0 Å². The van der Waals surface area contributed by atoms with Crippen LogP contribution in [0.25, 0.3) is 11.3 Å². The van der Waals surface area contributed by atoms with Crippen molar-refractivity contribution in [2.75, 3.05) is 19.6 Å². The number of rotatable bonds is 4. The van der Waals surface area contributed by atoms with Gasteiger partial charge in [-0.15, -0.1) is 0 Å².